The number of hydrogen-bond donors (Lipinski definition) is 1. The van der Waals surface area contributed by atoms with E-state index in [2.05, 4.69) is 5.32 Å². The van der Waals surface area contributed by atoms with Gasteiger partial charge < -0.3 is 15.0 Å². The molecule has 1 fully saturated rings. The SMILES string of the molecule is COc1ccccc1[C@H]1CN(C(=O)c2ccccc2)C[C@@H]1C(=O)NCc1ccc(F)cc1. The average Bonchev–Trinajstić information content (AvgIpc) is 3.29. The zero-order chi connectivity index (χ0) is 22.5. The predicted octanol–water partition coefficient (Wildman–Crippen LogP) is 4.01. The Hall–Kier alpha value is -3.67. The fraction of sp³-hybridized carbons (Fsp3) is 0.231. The minimum absolute atomic E-state index is 0.0978. The van der Waals surface area contributed by atoms with E-state index in [1.165, 1.54) is 12.1 Å². The van der Waals surface area contributed by atoms with Gasteiger partial charge in [0.25, 0.3) is 5.91 Å². The number of rotatable bonds is 6. The number of ether oxygens (including phenoxy) is 1. The van der Waals surface area contributed by atoms with Crippen LogP contribution in [-0.2, 0) is 11.3 Å². The summed E-state index contributed by atoms with van der Waals surface area (Å²) in [7, 11) is 1.60. The van der Waals surface area contributed by atoms with E-state index in [0.717, 1.165) is 11.1 Å². The molecule has 0 aliphatic carbocycles. The van der Waals surface area contributed by atoms with E-state index in [1.54, 1.807) is 36.3 Å². The molecule has 2 amide bonds. The summed E-state index contributed by atoms with van der Waals surface area (Å²) in [5.74, 6) is -0.496. The molecule has 6 heteroatoms. The number of carbonyl (C=O) groups excluding carboxylic acids is 2. The summed E-state index contributed by atoms with van der Waals surface area (Å²) >= 11 is 0. The molecule has 2 atom stereocenters. The first-order valence-electron chi connectivity index (χ1n) is 10.6. The molecule has 5 nitrogen and oxygen atoms in total. The second kappa shape index (κ2) is 9.64. The molecule has 0 unspecified atom stereocenters. The number of likely N-dealkylation sites (tertiary alicyclic amines) is 1. The van der Waals surface area contributed by atoms with Gasteiger partial charge >= 0.3 is 0 Å². The van der Waals surface area contributed by atoms with Crippen molar-refractivity contribution in [2.24, 2.45) is 5.92 Å². The van der Waals surface area contributed by atoms with Gasteiger partial charge in [0.2, 0.25) is 5.91 Å². The summed E-state index contributed by atoms with van der Waals surface area (Å²) in [5, 5.41) is 2.96. The third-order valence-corrected chi connectivity index (χ3v) is 5.88. The Balaban J connectivity index is 1.57. The zero-order valence-corrected chi connectivity index (χ0v) is 17.8. The topological polar surface area (TPSA) is 58.6 Å². The smallest absolute Gasteiger partial charge is 0.253 e. The molecule has 1 aliphatic rings. The number of methoxy groups -OCH3 is 1. The Bertz CT molecular complexity index is 1090. The Kier molecular flexibility index (Phi) is 6.50. The average molecular weight is 432 g/mol. The predicted molar refractivity (Wildman–Crippen MR) is 120 cm³/mol. The Morgan fingerprint density at radius 3 is 2.38 bits per heavy atom. The lowest BCUT2D eigenvalue weighted by Gasteiger charge is -2.20. The minimum Gasteiger partial charge on any atom is -0.496 e. The van der Waals surface area contributed by atoms with Crippen molar-refractivity contribution < 1.29 is 18.7 Å². The number of nitrogens with one attached hydrogen (secondary N) is 1. The zero-order valence-electron chi connectivity index (χ0n) is 17.8. The van der Waals surface area contributed by atoms with E-state index in [0.29, 0.717) is 30.9 Å². The summed E-state index contributed by atoms with van der Waals surface area (Å²) in [6.45, 7) is 1.02. The van der Waals surface area contributed by atoms with E-state index in [-0.39, 0.29) is 23.5 Å². The quantitative estimate of drug-likeness (QED) is 0.640. The van der Waals surface area contributed by atoms with Gasteiger partial charge in [-0.1, -0.05) is 48.5 Å². The van der Waals surface area contributed by atoms with Gasteiger partial charge in [-0.05, 0) is 41.5 Å². The molecule has 1 N–H and O–H groups in total. The van der Waals surface area contributed by atoms with E-state index < -0.39 is 5.92 Å². The minimum atomic E-state index is -0.431. The standard InChI is InChI=1S/C26H25FN2O3/c1-32-24-10-6-5-9-21(24)22-16-29(26(31)19-7-3-2-4-8-19)17-23(22)25(30)28-15-18-11-13-20(27)14-12-18/h2-14,22-23H,15-17H2,1H3,(H,28,30)/t22-,23+/m1/s1. The molecule has 1 aliphatic heterocycles. The maximum Gasteiger partial charge on any atom is 0.253 e. The fourth-order valence-electron chi connectivity index (χ4n) is 4.21. The molecular formula is C26H25FN2O3. The number of benzene rings is 3. The van der Waals surface area contributed by atoms with Crippen LogP contribution in [0.1, 0.15) is 27.4 Å². The maximum absolute atomic E-state index is 13.2. The highest BCUT2D eigenvalue weighted by molar-refractivity contribution is 5.95. The van der Waals surface area contributed by atoms with Gasteiger partial charge in [0.15, 0.2) is 0 Å². The highest BCUT2D eigenvalue weighted by atomic mass is 19.1. The highest BCUT2D eigenvalue weighted by Gasteiger charge is 2.41. The van der Waals surface area contributed by atoms with Crippen LogP contribution in [0.15, 0.2) is 78.9 Å². The van der Waals surface area contributed by atoms with Crippen LogP contribution in [0.4, 0.5) is 4.39 Å². The van der Waals surface area contributed by atoms with Gasteiger partial charge in [0.05, 0.1) is 13.0 Å². The molecule has 3 aromatic carbocycles. The number of carbonyl (C=O) groups is 2. The van der Waals surface area contributed by atoms with Crippen LogP contribution in [0.25, 0.3) is 0 Å². The first-order valence-corrected chi connectivity index (χ1v) is 10.6. The number of para-hydroxylation sites is 1. The van der Waals surface area contributed by atoms with E-state index >= 15 is 0 Å². The van der Waals surface area contributed by atoms with Gasteiger partial charge in [-0.3, -0.25) is 9.59 Å². The van der Waals surface area contributed by atoms with Crippen molar-refractivity contribution in [2.75, 3.05) is 20.2 Å². The summed E-state index contributed by atoms with van der Waals surface area (Å²) in [6.07, 6.45) is 0. The van der Waals surface area contributed by atoms with E-state index in [1.807, 2.05) is 42.5 Å². The van der Waals surface area contributed by atoms with Crippen molar-refractivity contribution in [1.29, 1.82) is 0 Å². The van der Waals surface area contributed by atoms with Crippen LogP contribution < -0.4 is 10.1 Å². The Labute approximate surface area is 186 Å². The number of hydrogen-bond acceptors (Lipinski definition) is 3. The van der Waals surface area contributed by atoms with Crippen molar-refractivity contribution in [3.63, 3.8) is 0 Å². The van der Waals surface area contributed by atoms with Gasteiger partial charge in [0, 0.05) is 31.1 Å². The van der Waals surface area contributed by atoms with Crippen LogP contribution >= 0.6 is 0 Å². The fourth-order valence-corrected chi connectivity index (χ4v) is 4.21. The molecule has 0 aromatic heterocycles. The normalized spacial score (nSPS) is 17.8. The number of halogens is 1. The van der Waals surface area contributed by atoms with Crippen LogP contribution in [-0.4, -0.2) is 36.9 Å². The van der Waals surface area contributed by atoms with Crippen molar-refractivity contribution in [3.05, 3.63) is 101 Å². The summed E-state index contributed by atoms with van der Waals surface area (Å²) in [5.41, 5.74) is 2.31. The van der Waals surface area contributed by atoms with Crippen molar-refractivity contribution in [2.45, 2.75) is 12.5 Å². The summed E-state index contributed by atoms with van der Waals surface area (Å²) in [6, 6.07) is 22.7. The number of amides is 2. The maximum atomic E-state index is 13.2. The van der Waals surface area contributed by atoms with Gasteiger partial charge in [-0.2, -0.15) is 0 Å². The Morgan fingerprint density at radius 2 is 1.66 bits per heavy atom. The molecule has 1 heterocycles. The lowest BCUT2D eigenvalue weighted by Crippen LogP contribution is -2.35. The molecule has 0 radical (unpaired) electrons. The van der Waals surface area contributed by atoms with E-state index in [9.17, 15) is 14.0 Å². The largest absolute Gasteiger partial charge is 0.496 e. The lowest BCUT2D eigenvalue weighted by atomic mass is 9.87. The van der Waals surface area contributed by atoms with Crippen molar-refractivity contribution >= 4 is 11.8 Å². The molecule has 0 spiro atoms. The third kappa shape index (κ3) is 4.64. The molecule has 1 saturated heterocycles. The second-order valence-corrected chi connectivity index (χ2v) is 7.88. The van der Waals surface area contributed by atoms with Crippen LogP contribution in [0.2, 0.25) is 0 Å². The third-order valence-electron chi connectivity index (χ3n) is 5.88. The first-order chi connectivity index (χ1) is 15.6. The van der Waals surface area contributed by atoms with Gasteiger partial charge in [-0.15, -0.1) is 0 Å². The van der Waals surface area contributed by atoms with Gasteiger partial charge in [0.1, 0.15) is 11.6 Å². The molecule has 0 bridgehead atoms. The van der Waals surface area contributed by atoms with Gasteiger partial charge in [-0.25, -0.2) is 4.39 Å². The summed E-state index contributed by atoms with van der Waals surface area (Å²) in [4.78, 5) is 28.0. The van der Waals surface area contributed by atoms with Crippen molar-refractivity contribution in [3.8, 4) is 5.75 Å². The van der Waals surface area contributed by atoms with Crippen LogP contribution in [0.5, 0.6) is 5.75 Å². The first kappa shape index (κ1) is 21.6. The van der Waals surface area contributed by atoms with E-state index in [4.69, 9.17) is 4.74 Å². The molecule has 3 aromatic rings. The van der Waals surface area contributed by atoms with Crippen LogP contribution in [0, 0.1) is 11.7 Å². The monoisotopic (exact) mass is 432 g/mol. The Morgan fingerprint density at radius 1 is 0.969 bits per heavy atom. The second-order valence-electron chi connectivity index (χ2n) is 7.88. The highest BCUT2D eigenvalue weighted by Crippen LogP contribution is 2.38. The summed E-state index contributed by atoms with van der Waals surface area (Å²) < 4.78 is 18.7. The van der Waals surface area contributed by atoms with Crippen LogP contribution in [0.3, 0.4) is 0 Å². The molecule has 0 saturated carbocycles. The lowest BCUT2D eigenvalue weighted by molar-refractivity contribution is -0.125. The molecule has 164 valence electrons. The molecular weight excluding hydrogens is 407 g/mol. The van der Waals surface area contributed by atoms with Crippen molar-refractivity contribution in [1.82, 2.24) is 10.2 Å². The number of nitrogens with zero attached hydrogens (tertiary/aromatic N) is 1. The molecule has 4 rings (SSSR count). The molecule has 32 heavy (non-hydrogen) atoms.